The highest BCUT2D eigenvalue weighted by Crippen LogP contribution is 2.29. The van der Waals surface area contributed by atoms with E-state index in [2.05, 4.69) is 11.8 Å². The van der Waals surface area contributed by atoms with Gasteiger partial charge < -0.3 is 9.84 Å². The van der Waals surface area contributed by atoms with Gasteiger partial charge in [0.1, 0.15) is 5.75 Å². The van der Waals surface area contributed by atoms with Gasteiger partial charge in [0.2, 0.25) is 0 Å². The molecule has 2 rings (SSSR count). The lowest BCUT2D eigenvalue weighted by atomic mass is 9.89. The third-order valence-electron chi connectivity index (χ3n) is 3.82. The van der Waals surface area contributed by atoms with Gasteiger partial charge in [0.15, 0.2) is 15.9 Å². The van der Waals surface area contributed by atoms with Crippen LogP contribution in [0.25, 0.3) is 0 Å². The van der Waals surface area contributed by atoms with Crippen LogP contribution in [0.1, 0.15) is 31.9 Å². The van der Waals surface area contributed by atoms with Crippen molar-refractivity contribution in [3.8, 4) is 17.6 Å². The van der Waals surface area contributed by atoms with Crippen molar-refractivity contribution in [1.29, 1.82) is 0 Å². The Morgan fingerprint density at radius 3 is 2.21 bits per heavy atom. The highest BCUT2D eigenvalue weighted by Gasteiger charge is 2.33. The largest absolute Gasteiger partial charge is 0.478 e. The summed E-state index contributed by atoms with van der Waals surface area (Å²) in [6.45, 7) is 5.32. The number of benzene rings is 2. The van der Waals surface area contributed by atoms with Gasteiger partial charge in [-0.05, 0) is 42.5 Å². The van der Waals surface area contributed by atoms with Crippen LogP contribution in [0.5, 0.6) is 5.75 Å². The number of halogens is 1. The molecule has 0 aliphatic rings. The molecule has 5 nitrogen and oxygen atoms in total. The highest BCUT2D eigenvalue weighted by atomic mass is 35.5. The summed E-state index contributed by atoms with van der Waals surface area (Å²) in [4.78, 5) is 11.8. The van der Waals surface area contributed by atoms with Crippen LogP contribution in [0.2, 0.25) is 5.02 Å². The molecule has 0 spiro atoms. The topological polar surface area (TPSA) is 80.7 Å². The first-order valence-electron chi connectivity index (χ1n) is 8.39. The van der Waals surface area contributed by atoms with Crippen molar-refractivity contribution in [1.82, 2.24) is 0 Å². The third-order valence-corrected chi connectivity index (χ3v) is 5.18. The standard InChI is InChI=1S/C21H21ClO5S/c1-21(2,3)19(20(23)24)27-18-12-9-16(22)13-15(18)8-5-14-6-10-17(11-7-14)28(4,25)26/h6-7,9-13,19H,1-4H3,(H,23,24). The Bertz CT molecular complexity index is 1040. The van der Waals surface area contributed by atoms with Crippen LogP contribution in [0.3, 0.4) is 0 Å². The molecule has 0 saturated heterocycles. The fourth-order valence-corrected chi connectivity index (χ4v) is 3.15. The summed E-state index contributed by atoms with van der Waals surface area (Å²) in [6.07, 6.45) is 0.0699. The van der Waals surface area contributed by atoms with E-state index in [1.165, 1.54) is 12.1 Å². The first-order valence-corrected chi connectivity index (χ1v) is 10.7. The zero-order valence-corrected chi connectivity index (χ0v) is 17.6. The highest BCUT2D eigenvalue weighted by molar-refractivity contribution is 7.90. The Kier molecular flexibility index (Phi) is 6.43. The second-order valence-electron chi connectivity index (χ2n) is 7.39. The van der Waals surface area contributed by atoms with Crippen LogP contribution in [0.4, 0.5) is 0 Å². The van der Waals surface area contributed by atoms with Gasteiger partial charge >= 0.3 is 5.97 Å². The molecule has 0 saturated carbocycles. The Morgan fingerprint density at radius 2 is 1.71 bits per heavy atom. The van der Waals surface area contributed by atoms with Gasteiger partial charge in [-0.15, -0.1) is 0 Å². The summed E-state index contributed by atoms with van der Waals surface area (Å²) >= 11 is 6.05. The van der Waals surface area contributed by atoms with Gasteiger partial charge in [-0.25, -0.2) is 13.2 Å². The maximum absolute atomic E-state index is 11.6. The van der Waals surface area contributed by atoms with E-state index in [4.69, 9.17) is 16.3 Å². The monoisotopic (exact) mass is 420 g/mol. The van der Waals surface area contributed by atoms with Crippen LogP contribution in [-0.4, -0.2) is 31.9 Å². The Balaban J connectivity index is 2.38. The summed E-state index contributed by atoms with van der Waals surface area (Å²) in [7, 11) is -3.28. The fourth-order valence-electron chi connectivity index (χ4n) is 2.35. The van der Waals surface area contributed by atoms with E-state index in [0.717, 1.165) is 6.26 Å². The molecule has 1 N–H and O–H groups in total. The minimum absolute atomic E-state index is 0.208. The average molecular weight is 421 g/mol. The number of aliphatic carboxylic acids is 1. The molecular formula is C21H21ClO5S. The molecule has 28 heavy (non-hydrogen) atoms. The molecule has 0 aliphatic carbocycles. The molecule has 0 aromatic heterocycles. The molecule has 2 aromatic rings. The van der Waals surface area contributed by atoms with Crippen LogP contribution >= 0.6 is 11.6 Å². The van der Waals surface area contributed by atoms with Gasteiger partial charge in [0, 0.05) is 22.3 Å². The van der Waals surface area contributed by atoms with E-state index >= 15 is 0 Å². The second kappa shape index (κ2) is 8.26. The lowest BCUT2D eigenvalue weighted by molar-refractivity contribution is -0.150. The zero-order valence-electron chi connectivity index (χ0n) is 16.0. The van der Waals surface area contributed by atoms with Crippen molar-refractivity contribution in [3.63, 3.8) is 0 Å². The number of hydrogen-bond acceptors (Lipinski definition) is 4. The molecule has 148 valence electrons. The number of rotatable bonds is 4. The predicted octanol–water partition coefficient (Wildman–Crippen LogP) is 4.02. The van der Waals surface area contributed by atoms with Gasteiger partial charge in [-0.3, -0.25) is 0 Å². The molecule has 0 fully saturated rings. The summed E-state index contributed by atoms with van der Waals surface area (Å²) in [5.74, 6) is 5.08. The fraction of sp³-hybridized carbons (Fsp3) is 0.286. The average Bonchev–Trinajstić information content (AvgIpc) is 2.57. The Labute approximate surface area is 170 Å². The molecule has 2 aromatic carbocycles. The van der Waals surface area contributed by atoms with Crippen LogP contribution in [0, 0.1) is 17.3 Å². The summed E-state index contributed by atoms with van der Waals surface area (Å²) in [5, 5.41) is 9.92. The van der Waals surface area contributed by atoms with E-state index in [1.54, 1.807) is 51.1 Å². The molecule has 7 heteroatoms. The maximum Gasteiger partial charge on any atom is 0.345 e. The number of sulfone groups is 1. The molecule has 1 unspecified atom stereocenters. The molecule has 0 aliphatic heterocycles. The Hall–Kier alpha value is -2.49. The van der Waals surface area contributed by atoms with Gasteiger partial charge in [0.25, 0.3) is 0 Å². The number of carbonyl (C=O) groups is 1. The SMILES string of the molecule is CC(C)(C)C(Oc1ccc(Cl)cc1C#Cc1ccc(S(C)(=O)=O)cc1)C(=O)O. The first-order chi connectivity index (χ1) is 12.9. The normalized spacial score (nSPS) is 12.6. The minimum Gasteiger partial charge on any atom is -0.478 e. The summed E-state index contributed by atoms with van der Waals surface area (Å²) in [5.41, 5.74) is 0.414. The van der Waals surface area contributed by atoms with E-state index in [-0.39, 0.29) is 4.90 Å². The molecule has 0 radical (unpaired) electrons. The number of carboxylic acids is 1. The number of ether oxygens (including phenoxy) is 1. The predicted molar refractivity (Wildman–Crippen MR) is 108 cm³/mol. The molecule has 0 heterocycles. The summed E-state index contributed by atoms with van der Waals surface area (Å²) < 4.78 is 28.8. The minimum atomic E-state index is -3.28. The molecule has 0 amide bonds. The van der Waals surface area contributed by atoms with Crippen molar-refractivity contribution in [2.24, 2.45) is 5.41 Å². The van der Waals surface area contributed by atoms with Crippen molar-refractivity contribution in [2.75, 3.05) is 6.26 Å². The Morgan fingerprint density at radius 1 is 1.11 bits per heavy atom. The zero-order chi connectivity index (χ0) is 21.1. The maximum atomic E-state index is 11.6. The van der Waals surface area contributed by atoms with E-state index in [1.807, 2.05) is 0 Å². The van der Waals surface area contributed by atoms with Crippen molar-refractivity contribution in [2.45, 2.75) is 31.8 Å². The third kappa shape index (κ3) is 5.75. The van der Waals surface area contributed by atoms with Gasteiger partial charge in [-0.1, -0.05) is 44.2 Å². The lowest BCUT2D eigenvalue weighted by Crippen LogP contribution is -2.39. The van der Waals surface area contributed by atoms with Crippen LogP contribution in [0.15, 0.2) is 47.4 Å². The van der Waals surface area contributed by atoms with E-state index in [9.17, 15) is 18.3 Å². The molecule has 0 bridgehead atoms. The second-order valence-corrected chi connectivity index (χ2v) is 9.84. The van der Waals surface area contributed by atoms with E-state index < -0.39 is 27.3 Å². The van der Waals surface area contributed by atoms with Crippen LogP contribution in [-0.2, 0) is 14.6 Å². The van der Waals surface area contributed by atoms with Crippen molar-refractivity contribution >= 4 is 27.4 Å². The van der Waals surface area contributed by atoms with Gasteiger partial charge in [0.05, 0.1) is 10.5 Å². The lowest BCUT2D eigenvalue weighted by Gasteiger charge is -2.28. The first kappa shape index (κ1) is 21.8. The molecule has 1 atom stereocenters. The summed E-state index contributed by atoms with van der Waals surface area (Å²) in [6, 6.07) is 10.9. The van der Waals surface area contributed by atoms with Crippen LogP contribution < -0.4 is 4.74 Å². The quantitative estimate of drug-likeness (QED) is 0.755. The smallest absolute Gasteiger partial charge is 0.345 e. The van der Waals surface area contributed by atoms with Gasteiger partial charge in [-0.2, -0.15) is 0 Å². The van der Waals surface area contributed by atoms with E-state index in [0.29, 0.717) is 21.9 Å². The molecular weight excluding hydrogens is 400 g/mol. The van der Waals surface area contributed by atoms with Crippen molar-refractivity contribution in [3.05, 3.63) is 58.6 Å². The van der Waals surface area contributed by atoms with Crippen molar-refractivity contribution < 1.29 is 23.1 Å². The number of carboxylic acid groups (broad SMARTS) is 1. The number of hydrogen-bond donors (Lipinski definition) is 1.